The zero-order valence-corrected chi connectivity index (χ0v) is 10.3. The maximum atomic E-state index is 12.1. The van der Waals surface area contributed by atoms with Crippen LogP contribution >= 0.6 is 0 Å². The molecule has 0 aliphatic heterocycles. The molecule has 2 heteroatoms. The van der Waals surface area contributed by atoms with Crippen LogP contribution in [0.25, 0.3) is 0 Å². The van der Waals surface area contributed by atoms with Gasteiger partial charge in [-0.05, 0) is 46.9 Å². The predicted molar refractivity (Wildman–Crippen MR) is 61.4 cm³/mol. The lowest BCUT2D eigenvalue weighted by atomic mass is 9.86. The molecule has 0 N–H and O–H groups in total. The summed E-state index contributed by atoms with van der Waals surface area (Å²) in [5.74, 6) is 0.229. The summed E-state index contributed by atoms with van der Waals surface area (Å²) in [5.41, 5.74) is 0.764. The molecule has 0 saturated carbocycles. The van der Waals surface area contributed by atoms with E-state index in [9.17, 15) is 4.79 Å². The van der Waals surface area contributed by atoms with E-state index in [0.29, 0.717) is 0 Å². The molecule has 0 bridgehead atoms. The number of hydrogen-bond donors (Lipinski definition) is 0. The maximum Gasteiger partial charge on any atom is 0.175 e. The average molecular weight is 197 g/mol. The summed E-state index contributed by atoms with van der Waals surface area (Å²) in [6, 6.07) is 0. The smallest absolute Gasteiger partial charge is 0.175 e. The molecule has 0 amide bonds. The second-order valence-corrected chi connectivity index (χ2v) is 4.22. The molecule has 0 aromatic carbocycles. The van der Waals surface area contributed by atoms with E-state index in [4.69, 9.17) is 0 Å². The molecule has 2 nitrogen and oxygen atoms in total. The lowest BCUT2D eigenvalue weighted by molar-refractivity contribution is -0.125. The Hall–Kier alpha value is -0.630. The van der Waals surface area contributed by atoms with Crippen LogP contribution in [0.3, 0.4) is 0 Å². The highest BCUT2D eigenvalue weighted by Gasteiger charge is 2.35. The van der Waals surface area contributed by atoms with Crippen molar-refractivity contribution >= 4 is 5.78 Å². The van der Waals surface area contributed by atoms with E-state index in [0.717, 1.165) is 18.4 Å². The fourth-order valence-electron chi connectivity index (χ4n) is 1.85. The van der Waals surface area contributed by atoms with E-state index in [1.165, 1.54) is 0 Å². The Morgan fingerprint density at radius 2 is 1.64 bits per heavy atom. The van der Waals surface area contributed by atoms with Gasteiger partial charge in [0.2, 0.25) is 0 Å². The average Bonchev–Trinajstić information content (AvgIpc) is 2.05. The van der Waals surface area contributed by atoms with Crippen molar-refractivity contribution in [3.05, 3.63) is 11.6 Å². The van der Waals surface area contributed by atoms with E-state index in [1.807, 2.05) is 32.8 Å². The number of carbonyl (C=O) groups excluding carboxylic acids is 1. The topological polar surface area (TPSA) is 20.3 Å². The molecule has 0 atom stereocenters. The minimum absolute atomic E-state index is 0.229. The molecule has 0 spiro atoms. The van der Waals surface area contributed by atoms with Crippen molar-refractivity contribution in [1.82, 2.24) is 4.90 Å². The van der Waals surface area contributed by atoms with Gasteiger partial charge in [0.05, 0.1) is 5.54 Å². The number of likely N-dealkylation sites (N-methyl/N-ethyl adjacent to an activating group) is 1. The van der Waals surface area contributed by atoms with Gasteiger partial charge in [-0.25, -0.2) is 0 Å². The van der Waals surface area contributed by atoms with Crippen LogP contribution in [-0.2, 0) is 4.79 Å². The summed E-state index contributed by atoms with van der Waals surface area (Å²) in [6.07, 6.45) is 3.48. The first kappa shape index (κ1) is 13.4. The minimum atomic E-state index is -0.308. The summed E-state index contributed by atoms with van der Waals surface area (Å²) in [4.78, 5) is 14.1. The van der Waals surface area contributed by atoms with E-state index in [1.54, 1.807) is 6.08 Å². The van der Waals surface area contributed by atoms with Crippen molar-refractivity contribution in [2.75, 3.05) is 14.1 Å². The van der Waals surface area contributed by atoms with Crippen LogP contribution in [0.15, 0.2) is 11.6 Å². The van der Waals surface area contributed by atoms with Crippen molar-refractivity contribution in [3.63, 3.8) is 0 Å². The Morgan fingerprint density at radius 3 is 1.86 bits per heavy atom. The lowest BCUT2D eigenvalue weighted by Crippen LogP contribution is -2.49. The quantitative estimate of drug-likeness (QED) is 0.631. The largest absolute Gasteiger partial charge is 0.297 e. The fourth-order valence-corrected chi connectivity index (χ4v) is 1.85. The molecule has 0 aromatic heterocycles. The Labute approximate surface area is 88.0 Å². The van der Waals surface area contributed by atoms with Crippen LogP contribution in [-0.4, -0.2) is 30.3 Å². The number of hydrogen-bond acceptors (Lipinski definition) is 2. The van der Waals surface area contributed by atoms with Crippen molar-refractivity contribution in [3.8, 4) is 0 Å². The van der Waals surface area contributed by atoms with Crippen LogP contribution in [0.5, 0.6) is 0 Å². The third kappa shape index (κ3) is 2.68. The van der Waals surface area contributed by atoms with Gasteiger partial charge in [0, 0.05) is 0 Å². The van der Waals surface area contributed by atoms with E-state index in [-0.39, 0.29) is 11.3 Å². The highest BCUT2D eigenvalue weighted by molar-refractivity contribution is 5.98. The van der Waals surface area contributed by atoms with Gasteiger partial charge in [-0.2, -0.15) is 0 Å². The van der Waals surface area contributed by atoms with Crippen molar-refractivity contribution in [2.45, 2.75) is 46.1 Å². The summed E-state index contributed by atoms with van der Waals surface area (Å²) in [7, 11) is 3.95. The summed E-state index contributed by atoms with van der Waals surface area (Å²) >= 11 is 0. The van der Waals surface area contributed by atoms with Gasteiger partial charge in [0.1, 0.15) is 0 Å². The van der Waals surface area contributed by atoms with Gasteiger partial charge < -0.3 is 0 Å². The van der Waals surface area contributed by atoms with Gasteiger partial charge >= 0.3 is 0 Å². The standard InChI is InChI=1S/C12H23NO/c1-7-12(8-2,13(5)6)11(14)9-10(3)4/h9H,7-8H2,1-6H3. The number of nitrogens with zero attached hydrogens (tertiary/aromatic N) is 1. The molecule has 0 rings (SSSR count). The zero-order valence-electron chi connectivity index (χ0n) is 10.3. The zero-order chi connectivity index (χ0) is 11.4. The Bertz CT molecular complexity index is 220. The first-order valence-corrected chi connectivity index (χ1v) is 5.27. The molecule has 0 fully saturated rings. The van der Waals surface area contributed by atoms with Crippen LogP contribution in [0, 0.1) is 0 Å². The van der Waals surface area contributed by atoms with E-state index in [2.05, 4.69) is 13.8 Å². The van der Waals surface area contributed by atoms with Crippen molar-refractivity contribution in [1.29, 1.82) is 0 Å². The van der Waals surface area contributed by atoms with Gasteiger partial charge in [-0.15, -0.1) is 0 Å². The Balaban J connectivity index is 5.00. The van der Waals surface area contributed by atoms with Crippen LogP contribution in [0.2, 0.25) is 0 Å². The van der Waals surface area contributed by atoms with E-state index >= 15 is 0 Å². The highest BCUT2D eigenvalue weighted by Crippen LogP contribution is 2.23. The normalized spacial score (nSPS) is 11.6. The van der Waals surface area contributed by atoms with Gasteiger partial charge in [0.25, 0.3) is 0 Å². The second-order valence-electron chi connectivity index (χ2n) is 4.22. The fraction of sp³-hybridized carbons (Fsp3) is 0.750. The highest BCUT2D eigenvalue weighted by atomic mass is 16.1. The third-order valence-corrected chi connectivity index (χ3v) is 2.90. The van der Waals surface area contributed by atoms with Crippen molar-refractivity contribution in [2.24, 2.45) is 0 Å². The predicted octanol–water partition coefficient (Wildman–Crippen LogP) is 2.64. The van der Waals surface area contributed by atoms with Crippen molar-refractivity contribution < 1.29 is 4.79 Å². The number of carbonyl (C=O) groups is 1. The van der Waals surface area contributed by atoms with Crippen LogP contribution in [0.4, 0.5) is 0 Å². The molecule has 0 aliphatic carbocycles. The molecule has 0 aromatic rings. The third-order valence-electron chi connectivity index (χ3n) is 2.90. The number of ketones is 1. The first-order valence-electron chi connectivity index (χ1n) is 5.27. The van der Waals surface area contributed by atoms with Crippen LogP contribution in [0.1, 0.15) is 40.5 Å². The summed E-state index contributed by atoms with van der Waals surface area (Å²) in [6.45, 7) is 8.06. The molecule has 14 heavy (non-hydrogen) atoms. The van der Waals surface area contributed by atoms with Gasteiger partial charge in [0.15, 0.2) is 5.78 Å². The van der Waals surface area contributed by atoms with Crippen LogP contribution < -0.4 is 0 Å². The molecule has 0 saturated heterocycles. The van der Waals surface area contributed by atoms with Gasteiger partial charge in [-0.1, -0.05) is 19.4 Å². The Kier molecular flexibility index (Phi) is 5.06. The molecule has 0 heterocycles. The maximum absolute atomic E-state index is 12.1. The molecule has 0 radical (unpaired) electrons. The monoisotopic (exact) mass is 197 g/mol. The SMILES string of the molecule is CCC(CC)(C(=O)C=C(C)C)N(C)C. The van der Waals surface area contributed by atoms with Gasteiger partial charge in [-0.3, -0.25) is 9.69 Å². The second kappa shape index (κ2) is 5.30. The molecular weight excluding hydrogens is 174 g/mol. The lowest BCUT2D eigenvalue weighted by Gasteiger charge is -2.36. The number of allylic oxidation sites excluding steroid dienone is 1. The molecule has 0 unspecified atom stereocenters. The van der Waals surface area contributed by atoms with E-state index < -0.39 is 0 Å². The summed E-state index contributed by atoms with van der Waals surface area (Å²) in [5, 5.41) is 0. The molecular formula is C12H23NO. The number of rotatable bonds is 5. The molecule has 0 aliphatic rings. The Morgan fingerprint density at radius 1 is 1.21 bits per heavy atom. The minimum Gasteiger partial charge on any atom is -0.297 e. The first-order chi connectivity index (χ1) is 6.40. The summed E-state index contributed by atoms with van der Waals surface area (Å²) < 4.78 is 0. The molecule has 82 valence electrons.